The van der Waals surface area contributed by atoms with Gasteiger partial charge in [-0.1, -0.05) is 0 Å². The lowest BCUT2D eigenvalue weighted by Crippen LogP contribution is -2.44. The SMILES string of the molecule is CN=C(NCC(c1cnn(C)c1)N(C)C)NC1CCCn2nc(C)nc21.I. The highest BCUT2D eigenvalue weighted by atomic mass is 127. The molecule has 2 aromatic rings. The molecule has 0 saturated carbocycles. The minimum absolute atomic E-state index is 0. The summed E-state index contributed by atoms with van der Waals surface area (Å²) in [6, 6.07) is 0.340. The molecule has 150 valence electrons. The van der Waals surface area contributed by atoms with E-state index in [0.717, 1.165) is 43.5 Å². The van der Waals surface area contributed by atoms with Crippen LogP contribution >= 0.6 is 24.0 Å². The fourth-order valence-corrected chi connectivity index (χ4v) is 3.37. The number of aryl methyl sites for hydroxylation is 3. The molecule has 0 amide bonds. The third-order valence-corrected chi connectivity index (χ3v) is 4.71. The third kappa shape index (κ3) is 5.18. The number of nitrogens with one attached hydrogen (secondary N) is 2. The smallest absolute Gasteiger partial charge is 0.191 e. The van der Waals surface area contributed by atoms with E-state index in [0.29, 0.717) is 0 Å². The molecule has 0 aliphatic carbocycles. The molecule has 27 heavy (non-hydrogen) atoms. The number of guanidine groups is 1. The van der Waals surface area contributed by atoms with E-state index in [-0.39, 0.29) is 36.1 Å². The number of halogens is 1. The van der Waals surface area contributed by atoms with Crippen molar-refractivity contribution in [2.24, 2.45) is 12.0 Å². The zero-order valence-electron chi connectivity index (χ0n) is 16.7. The summed E-state index contributed by atoms with van der Waals surface area (Å²) in [4.78, 5) is 11.1. The highest BCUT2D eigenvalue weighted by molar-refractivity contribution is 14.0. The van der Waals surface area contributed by atoms with Gasteiger partial charge in [-0.25, -0.2) is 9.67 Å². The Hall–Kier alpha value is -1.69. The molecular formula is C17H30IN9. The van der Waals surface area contributed by atoms with Crippen molar-refractivity contribution < 1.29 is 0 Å². The van der Waals surface area contributed by atoms with Crippen LogP contribution in [0.4, 0.5) is 0 Å². The first-order valence-electron chi connectivity index (χ1n) is 9.01. The number of likely N-dealkylation sites (N-methyl/N-ethyl adjacent to an activating group) is 1. The van der Waals surface area contributed by atoms with Crippen LogP contribution in [-0.4, -0.2) is 63.1 Å². The zero-order chi connectivity index (χ0) is 18.7. The Morgan fingerprint density at radius 3 is 2.85 bits per heavy atom. The maximum absolute atomic E-state index is 4.58. The molecule has 2 N–H and O–H groups in total. The van der Waals surface area contributed by atoms with Gasteiger partial charge in [0.2, 0.25) is 0 Å². The number of fused-ring (bicyclic) bond motifs is 1. The monoisotopic (exact) mass is 487 g/mol. The Morgan fingerprint density at radius 1 is 1.44 bits per heavy atom. The molecule has 3 heterocycles. The average Bonchev–Trinajstić information content (AvgIpc) is 3.19. The Labute approximate surface area is 177 Å². The van der Waals surface area contributed by atoms with Crippen molar-refractivity contribution >= 4 is 29.9 Å². The van der Waals surface area contributed by atoms with E-state index < -0.39 is 0 Å². The predicted octanol–water partition coefficient (Wildman–Crippen LogP) is 1.24. The van der Waals surface area contributed by atoms with Crippen molar-refractivity contribution in [1.29, 1.82) is 0 Å². The summed E-state index contributed by atoms with van der Waals surface area (Å²) in [6.45, 7) is 3.60. The Morgan fingerprint density at radius 2 is 2.22 bits per heavy atom. The number of rotatable bonds is 5. The second kappa shape index (κ2) is 9.49. The molecule has 0 saturated heterocycles. The first-order chi connectivity index (χ1) is 12.5. The summed E-state index contributed by atoms with van der Waals surface area (Å²) in [7, 11) is 7.87. The Kier molecular flexibility index (Phi) is 7.59. The molecule has 2 unspecified atom stereocenters. The summed E-state index contributed by atoms with van der Waals surface area (Å²) < 4.78 is 3.83. The molecule has 2 aromatic heterocycles. The second-order valence-electron chi connectivity index (χ2n) is 6.96. The van der Waals surface area contributed by atoms with Gasteiger partial charge in [-0.05, 0) is 33.9 Å². The number of aromatic nitrogens is 5. The van der Waals surface area contributed by atoms with Gasteiger partial charge >= 0.3 is 0 Å². The van der Waals surface area contributed by atoms with Gasteiger partial charge in [-0.15, -0.1) is 24.0 Å². The van der Waals surface area contributed by atoms with Gasteiger partial charge < -0.3 is 15.5 Å². The summed E-state index contributed by atoms with van der Waals surface area (Å²) in [5.41, 5.74) is 1.17. The summed E-state index contributed by atoms with van der Waals surface area (Å²) in [5.74, 6) is 2.59. The van der Waals surface area contributed by atoms with Crippen LogP contribution in [0.25, 0.3) is 0 Å². The molecule has 0 radical (unpaired) electrons. The van der Waals surface area contributed by atoms with E-state index in [1.165, 1.54) is 5.56 Å². The molecule has 10 heteroatoms. The molecule has 0 fully saturated rings. The van der Waals surface area contributed by atoms with Crippen molar-refractivity contribution in [3.8, 4) is 0 Å². The summed E-state index contributed by atoms with van der Waals surface area (Å²) >= 11 is 0. The van der Waals surface area contributed by atoms with Gasteiger partial charge in [0.15, 0.2) is 5.96 Å². The number of hydrogen-bond acceptors (Lipinski definition) is 5. The van der Waals surface area contributed by atoms with Gasteiger partial charge in [0, 0.05) is 38.9 Å². The lowest BCUT2D eigenvalue weighted by atomic mass is 10.1. The van der Waals surface area contributed by atoms with E-state index in [4.69, 9.17) is 0 Å². The van der Waals surface area contributed by atoms with Gasteiger partial charge in [0.1, 0.15) is 11.6 Å². The first kappa shape index (κ1) is 21.6. The zero-order valence-corrected chi connectivity index (χ0v) is 19.0. The molecule has 3 rings (SSSR count). The van der Waals surface area contributed by atoms with Crippen molar-refractivity contribution in [1.82, 2.24) is 40.1 Å². The van der Waals surface area contributed by atoms with Crippen LogP contribution in [0.5, 0.6) is 0 Å². The topological polar surface area (TPSA) is 88.2 Å². The maximum atomic E-state index is 4.58. The standard InChI is InChI=1S/C17H29N9.HI/c1-12-21-16-14(7-6-8-26(16)23-12)22-17(18-2)19-10-15(24(3)4)13-9-20-25(5)11-13;/h9,11,14-15H,6-8,10H2,1-5H3,(H2,18,19,22);1H. The van der Waals surface area contributed by atoms with Gasteiger partial charge in [-0.3, -0.25) is 9.67 Å². The molecule has 0 bridgehead atoms. The lowest BCUT2D eigenvalue weighted by molar-refractivity contribution is 0.297. The van der Waals surface area contributed by atoms with Crippen LogP contribution in [0.15, 0.2) is 17.4 Å². The van der Waals surface area contributed by atoms with Crippen molar-refractivity contribution in [2.45, 2.75) is 38.4 Å². The summed E-state index contributed by atoms with van der Waals surface area (Å²) in [5, 5.41) is 15.7. The molecule has 9 nitrogen and oxygen atoms in total. The van der Waals surface area contributed by atoms with Crippen LogP contribution in [0.1, 0.15) is 42.1 Å². The molecule has 2 atom stereocenters. The molecule has 1 aliphatic heterocycles. The van der Waals surface area contributed by atoms with Crippen LogP contribution in [0, 0.1) is 6.92 Å². The first-order valence-corrected chi connectivity index (χ1v) is 9.01. The largest absolute Gasteiger partial charge is 0.354 e. The number of aliphatic imine (C=N–C) groups is 1. The maximum Gasteiger partial charge on any atom is 0.191 e. The van der Waals surface area contributed by atoms with Gasteiger partial charge in [-0.2, -0.15) is 10.2 Å². The Balaban J connectivity index is 0.00000261. The minimum Gasteiger partial charge on any atom is -0.354 e. The van der Waals surface area contributed by atoms with Crippen LogP contribution in [-0.2, 0) is 13.6 Å². The van der Waals surface area contributed by atoms with E-state index in [1.807, 2.05) is 29.5 Å². The fourth-order valence-electron chi connectivity index (χ4n) is 3.37. The summed E-state index contributed by atoms with van der Waals surface area (Å²) in [6.07, 6.45) is 6.07. The van der Waals surface area contributed by atoms with Gasteiger partial charge in [0.05, 0.1) is 18.3 Å². The van der Waals surface area contributed by atoms with Crippen molar-refractivity contribution in [2.75, 3.05) is 27.7 Å². The van der Waals surface area contributed by atoms with Crippen LogP contribution in [0.3, 0.4) is 0 Å². The Bertz CT molecular complexity index is 764. The normalized spacial score (nSPS) is 18.0. The van der Waals surface area contributed by atoms with Crippen LogP contribution < -0.4 is 10.6 Å². The van der Waals surface area contributed by atoms with E-state index in [2.05, 4.69) is 56.0 Å². The minimum atomic E-state index is 0. The van der Waals surface area contributed by atoms with Crippen LogP contribution in [0.2, 0.25) is 0 Å². The highest BCUT2D eigenvalue weighted by Gasteiger charge is 2.25. The fraction of sp³-hybridized carbons (Fsp3) is 0.647. The highest BCUT2D eigenvalue weighted by Crippen LogP contribution is 2.23. The second-order valence-corrected chi connectivity index (χ2v) is 6.96. The third-order valence-electron chi connectivity index (χ3n) is 4.71. The molecule has 1 aliphatic rings. The molecule has 0 aromatic carbocycles. The van der Waals surface area contributed by atoms with Crippen molar-refractivity contribution in [3.05, 3.63) is 29.6 Å². The predicted molar refractivity (Wildman–Crippen MR) is 116 cm³/mol. The lowest BCUT2D eigenvalue weighted by Gasteiger charge is -2.27. The average molecular weight is 487 g/mol. The molecule has 0 spiro atoms. The quantitative estimate of drug-likeness (QED) is 0.375. The van der Waals surface area contributed by atoms with E-state index in [9.17, 15) is 0 Å². The van der Waals surface area contributed by atoms with Crippen molar-refractivity contribution in [3.63, 3.8) is 0 Å². The van der Waals surface area contributed by atoms with Gasteiger partial charge in [0.25, 0.3) is 0 Å². The number of nitrogens with zero attached hydrogens (tertiary/aromatic N) is 7. The van der Waals surface area contributed by atoms with E-state index in [1.54, 1.807) is 7.05 Å². The van der Waals surface area contributed by atoms with E-state index >= 15 is 0 Å². The number of hydrogen-bond donors (Lipinski definition) is 2. The molecular weight excluding hydrogens is 457 g/mol.